The third kappa shape index (κ3) is 4.59. The molecule has 0 aromatic heterocycles. The molecule has 2 heterocycles. The first-order valence-electron chi connectivity index (χ1n) is 6.67. The van der Waals surface area contributed by atoms with E-state index < -0.39 is 12.1 Å². The van der Waals surface area contributed by atoms with Gasteiger partial charge in [-0.15, -0.1) is 12.4 Å². The summed E-state index contributed by atoms with van der Waals surface area (Å²) in [7, 11) is 0. The highest BCUT2D eigenvalue weighted by Gasteiger charge is 2.27. The SMILES string of the molecule is CC(NC(=O)C1CNCCO1)C(=O)N1CCOCC1.Cl. The van der Waals surface area contributed by atoms with Crippen LogP contribution >= 0.6 is 12.4 Å². The van der Waals surface area contributed by atoms with Gasteiger partial charge in [-0.2, -0.15) is 0 Å². The summed E-state index contributed by atoms with van der Waals surface area (Å²) in [5, 5.41) is 5.79. The van der Waals surface area contributed by atoms with Crippen LogP contribution in [0.15, 0.2) is 0 Å². The minimum atomic E-state index is -0.531. The number of hydrogen-bond donors (Lipinski definition) is 2. The van der Waals surface area contributed by atoms with E-state index in [2.05, 4.69) is 10.6 Å². The first-order chi connectivity index (χ1) is 9.18. The van der Waals surface area contributed by atoms with Crippen LogP contribution in [-0.4, -0.2) is 74.9 Å². The Morgan fingerprint density at radius 1 is 1.30 bits per heavy atom. The van der Waals surface area contributed by atoms with Crippen molar-refractivity contribution in [2.24, 2.45) is 0 Å². The Labute approximate surface area is 124 Å². The highest BCUT2D eigenvalue weighted by molar-refractivity contribution is 5.89. The summed E-state index contributed by atoms with van der Waals surface area (Å²) in [5.74, 6) is -0.304. The average Bonchev–Trinajstić information content (AvgIpc) is 2.48. The zero-order valence-electron chi connectivity index (χ0n) is 11.6. The summed E-state index contributed by atoms with van der Waals surface area (Å²) in [5.41, 5.74) is 0. The molecule has 2 fully saturated rings. The number of nitrogens with zero attached hydrogens (tertiary/aromatic N) is 1. The Morgan fingerprint density at radius 3 is 2.60 bits per heavy atom. The largest absolute Gasteiger partial charge is 0.378 e. The van der Waals surface area contributed by atoms with Gasteiger partial charge in [0.1, 0.15) is 12.1 Å². The molecule has 0 bridgehead atoms. The van der Waals surface area contributed by atoms with Crippen molar-refractivity contribution in [3.63, 3.8) is 0 Å². The van der Waals surface area contributed by atoms with Crippen LogP contribution < -0.4 is 10.6 Å². The van der Waals surface area contributed by atoms with Crippen LogP contribution in [0.3, 0.4) is 0 Å². The van der Waals surface area contributed by atoms with Crippen molar-refractivity contribution in [1.82, 2.24) is 15.5 Å². The normalized spacial score (nSPS) is 24.4. The number of amides is 2. The van der Waals surface area contributed by atoms with Crippen LogP contribution in [0, 0.1) is 0 Å². The van der Waals surface area contributed by atoms with Gasteiger partial charge in [0.05, 0.1) is 19.8 Å². The molecule has 2 aliphatic rings. The predicted molar refractivity (Wildman–Crippen MR) is 74.9 cm³/mol. The van der Waals surface area contributed by atoms with Gasteiger partial charge in [-0.1, -0.05) is 0 Å². The molecule has 2 rings (SSSR count). The number of rotatable bonds is 3. The molecule has 116 valence electrons. The number of carbonyl (C=O) groups excluding carboxylic acids is 2. The van der Waals surface area contributed by atoms with Crippen molar-refractivity contribution in [1.29, 1.82) is 0 Å². The van der Waals surface area contributed by atoms with Gasteiger partial charge in [-0.25, -0.2) is 0 Å². The van der Waals surface area contributed by atoms with Gasteiger partial charge in [0.25, 0.3) is 5.91 Å². The molecule has 2 aliphatic heterocycles. The molecule has 7 nitrogen and oxygen atoms in total. The van der Waals surface area contributed by atoms with Gasteiger partial charge >= 0.3 is 0 Å². The quantitative estimate of drug-likeness (QED) is 0.682. The van der Waals surface area contributed by atoms with Crippen LogP contribution in [0.25, 0.3) is 0 Å². The first kappa shape index (κ1) is 17.2. The van der Waals surface area contributed by atoms with Crippen molar-refractivity contribution >= 4 is 24.2 Å². The van der Waals surface area contributed by atoms with Gasteiger partial charge in [0, 0.05) is 26.2 Å². The lowest BCUT2D eigenvalue weighted by Gasteiger charge is -2.30. The maximum atomic E-state index is 12.1. The van der Waals surface area contributed by atoms with Crippen LogP contribution in [0.1, 0.15) is 6.92 Å². The Hall–Kier alpha value is -0.890. The summed E-state index contributed by atoms with van der Waals surface area (Å²) in [6.45, 7) is 5.75. The van der Waals surface area contributed by atoms with E-state index in [1.54, 1.807) is 11.8 Å². The van der Waals surface area contributed by atoms with Gasteiger partial charge in [-0.3, -0.25) is 9.59 Å². The zero-order valence-corrected chi connectivity index (χ0v) is 12.4. The lowest BCUT2D eigenvalue weighted by molar-refractivity contribution is -0.142. The molecule has 0 radical (unpaired) electrons. The molecule has 2 unspecified atom stereocenters. The monoisotopic (exact) mass is 307 g/mol. The molecule has 2 atom stereocenters. The minimum Gasteiger partial charge on any atom is -0.378 e. The molecule has 2 amide bonds. The molecule has 0 saturated carbocycles. The van der Waals surface area contributed by atoms with Crippen molar-refractivity contribution in [3.05, 3.63) is 0 Å². The van der Waals surface area contributed by atoms with Gasteiger partial charge in [-0.05, 0) is 6.92 Å². The fourth-order valence-electron chi connectivity index (χ4n) is 2.16. The van der Waals surface area contributed by atoms with Gasteiger partial charge in [0.2, 0.25) is 5.91 Å². The lowest BCUT2D eigenvalue weighted by Crippen LogP contribution is -2.54. The van der Waals surface area contributed by atoms with E-state index >= 15 is 0 Å². The number of carbonyl (C=O) groups is 2. The lowest BCUT2D eigenvalue weighted by atomic mass is 10.2. The van der Waals surface area contributed by atoms with Crippen molar-refractivity contribution < 1.29 is 19.1 Å². The second-order valence-electron chi connectivity index (χ2n) is 4.73. The molecule has 0 aromatic rings. The number of halogens is 1. The van der Waals surface area contributed by atoms with Gasteiger partial charge in [0.15, 0.2) is 0 Å². The van der Waals surface area contributed by atoms with E-state index in [1.807, 2.05) is 0 Å². The van der Waals surface area contributed by atoms with E-state index in [0.717, 1.165) is 6.54 Å². The highest BCUT2D eigenvalue weighted by atomic mass is 35.5. The second kappa shape index (κ2) is 8.41. The Morgan fingerprint density at radius 2 is 2.00 bits per heavy atom. The summed E-state index contributed by atoms with van der Waals surface area (Å²) < 4.78 is 10.5. The van der Waals surface area contributed by atoms with Crippen molar-refractivity contribution in [2.45, 2.75) is 19.1 Å². The fraction of sp³-hybridized carbons (Fsp3) is 0.833. The maximum Gasteiger partial charge on any atom is 0.251 e. The zero-order chi connectivity index (χ0) is 13.7. The number of hydrogen-bond acceptors (Lipinski definition) is 5. The average molecular weight is 308 g/mol. The third-order valence-corrected chi connectivity index (χ3v) is 3.27. The molecule has 0 aromatic carbocycles. The predicted octanol–water partition coefficient (Wildman–Crippen LogP) is -1.24. The Balaban J connectivity index is 0.00000200. The van der Waals surface area contributed by atoms with E-state index in [0.29, 0.717) is 39.5 Å². The standard InChI is InChI=1S/C12H21N3O4.ClH/c1-9(12(17)15-3-6-18-7-4-15)14-11(16)10-8-13-2-5-19-10;/h9-10,13H,2-8H2,1H3,(H,14,16);1H. The molecule has 2 N–H and O–H groups in total. The summed E-state index contributed by atoms with van der Waals surface area (Å²) in [4.78, 5) is 25.8. The Kier molecular flexibility index (Phi) is 7.22. The van der Waals surface area contributed by atoms with Crippen LogP contribution in [0.2, 0.25) is 0 Å². The molecule has 2 saturated heterocycles. The molecule has 0 aliphatic carbocycles. The van der Waals surface area contributed by atoms with Crippen molar-refractivity contribution in [3.8, 4) is 0 Å². The summed E-state index contributed by atoms with van der Waals surface area (Å²) in [6.07, 6.45) is -0.506. The molecular weight excluding hydrogens is 286 g/mol. The van der Waals surface area contributed by atoms with Gasteiger partial charge < -0.3 is 25.0 Å². The maximum absolute atomic E-state index is 12.1. The topological polar surface area (TPSA) is 79.9 Å². The molecule has 8 heteroatoms. The van der Waals surface area contributed by atoms with Crippen molar-refractivity contribution in [2.75, 3.05) is 46.0 Å². The Bertz CT molecular complexity index is 331. The highest BCUT2D eigenvalue weighted by Crippen LogP contribution is 2.02. The summed E-state index contributed by atoms with van der Waals surface area (Å²) >= 11 is 0. The number of morpholine rings is 2. The van der Waals surface area contributed by atoms with Crippen LogP contribution in [0.4, 0.5) is 0 Å². The van der Waals surface area contributed by atoms with Crippen LogP contribution in [0.5, 0.6) is 0 Å². The second-order valence-corrected chi connectivity index (χ2v) is 4.73. The minimum absolute atomic E-state index is 0. The van der Waals surface area contributed by atoms with E-state index in [9.17, 15) is 9.59 Å². The number of ether oxygens (including phenoxy) is 2. The molecule has 20 heavy (non-hydrogen) atoms. The first-order valence-corrected chi connectivity index (χ1v) is 6.67. The molecular formula is C12H22ClN3O4. The number of nitrogens with one attached hydrogen (secondary N) is 2. The van der Waals surface area contributed by atoms with E-state index in [4.69, 9.17) is 9.47 Å². The third-order valence-electron chi connectivity index (χ3n) is 3.27. The summed E-state index contributed by atoms with van der Waals surface area (Å²) in [6, 6.07) is -0.531. The molecule has 0 spiro atoms. The van der Waals surface area contributed by atoms with E-state index in [1.165, 1.54) is 0 Å². The smallest absolute Gasteiger partial charge is 0.251 e. The van der Waals surface area contributed by atoms with E-state index in [-0.39, 0.29) is 24.2 Å². The fourth-order valence-corrected chi connectivity index (χ4v) is 2.16. The van der Waals surface area contributed by atoms with Crippen LogP contribution in [-0.2, 0) is 19.1 Å².